The highest BCUT2D eigenvalue weighted by molar-refractivity contribution is 5.81. The zero-order valence-corrected chi connectivity index (χ0v) is 14.7. The van der Waals surface area contributed by atoms with Crippen molar-refractivity contribution >= 4 is 5.82 Å². The molecule has 132 valence electrons. The second-order valence-corrected chi connectivity index (χ2v) is 5.59. The van der Waals surface area contributed by atoms with Gasteiger partial charge in [0.1, 0.15) is 29.2 Å². The summed E-state index contributed by atoms with van der Waals surface area (Å²) >= 11 is 0. The maximum Gasteiger partial charge on any atom is 0.301 e. The van der Waals surface area contributed by atoms with Crippen LogP contribution in [0.2, 0.25) is 0 Å². The smallest absolute Gasteiger partial charge is 0.301 e. The number of ether oxygens (including phenoxy) is 2. The van der Waals surface area contributed by atoms with Crippen LogP contribution in [0.1, 0.15) is 18.1 Å². The predicted molar refractivity (Wildman–Crippen MR) is 100.0 cm³/mol. The SMILES string of the molecule is CCOc1[nH+]c(N)c(C#N)c(-c2cccc(Oc3ccccc3)c2)c1C#N. The van der Waals surface area contributed by atoms with Gasteiger partial charge in [-0.15, -0.1) is 0 Å². The first-order chi connectivity index (χ1) is 13.2. The number of H-pyrrole nitrogens is 1. The van der Waals surface area contributed by atoms with Crippen molar-refractivity contribution in [1.82, 2.24) is 0 Å². The number of hydrogen-bond acceptors (Lipinski definition) is 5. The van der Waals surface area contributed by atoms with Crippen LogP contribution >= 0.6 is 0 Å². The van der Waals surface area contributed by atoms with Crippen LogP contribution in [0.3, 0.4) is 0 Å². The number of pyridine rings is 1. The molecule has 1 heterocycles. The highest BCUT2D eigenvalue weighted by Crippen LogP contribution is 2.35. The summed E-state index contributed by atoms with van der Waals surface area (Å²) in [7, 11) is 0. The molecule has 3 N–H and O–H groups in total. The van der Waals surface area contributed by atoms with Crippen molar-refractivity contribution in [3.05, 3.63) is 65.7 Å². The van der Waals surface area contributed by atoms with Crippen LogP contribution in [0.15, 0.2) is 54.6 Å². The van der Waals surface area contributed by atoms with Crippen molar-refractivity contribution in [2.45, 2.75) is 6.92 Å². The third-order valence-electron chi connectivity index (χ3n) is 3.86. The molecule has 3 rings (SSSR count). The average Bonchev–Trinajstić information content (AvgIpc) is 2.69. The first-order valence-electron chi connectivity index (χ1n) is 8.33. The number of nitrogens with one attached hydrogen (secondary N) is 1. The summed E-state index contributed by atoms with van der Waals surface area (Å²) in [5.74, 6) is 1.65. The van der Waals surface area contributed by atoms with Gasteiger partial charge in [-0.1, -0.05) is 30.3 Å². The highest BCUT2D eigenvalue weighted by Gasteiger charge is 2.24. The molecular formula is C21H17N4O2+. The zero-order chi connectivity index (χ0) is 19.2. The van der Waals surface area contributed by atoms with Crippen molar-refractivity contribution in [2.24, 2.45) is 0 Å². The molecule has 0 aliphatic rings. The van der Waals surface area contributed by atoms with E-state index in [0.29, 0.717) is 29.2 Å². The van der Waals surface area contributed by atoms with E-state index < -0.39 is 0 Å². The highest BCUT2D eigenvalue weighted by atomic mass is 16.5. The van der Waals surface area contributed by atoms with Gasteiger partial charge in [0.2, 0.25) is 0 Å². The first-order valence-corrected chi connectivity index (χ1v) is 8.33. The maximum atomic E-state index is 9.67. The van der Waals surface area contributed by atoms with Crippen molar-refractivity contribution in [1.29, 1.82) is 10.5 Å². The van der Waals surface area contributed by atoms with Gasteiger partial charge in [0.05, 0.1) is 6.61 Å². The summed E-state index contributed by atoms with van der Waals surface area (Å²) in [6.07, 6.45) is 0. The molecule has 6 nitrogen and oxygen atoms in total. The fourth-order valence-electron chi connectivity index (χ4n) is 2.72. The van der Waals surface area contributed by atoms with Crippen molar-refractivity contribution in [3.8, 4) is 40.6 Å². The Labute approximate surface area is 157 Å². The van der Waals surface area contributed by atoms with Crippen LogP contribution in [-0.4, -0.2) is 6.61 Å². The molecule has 0 aliphatic heterocycles. The fourth-order valence-corrected chi connectivity index (χ4v) is 2.72. The minimum absolute atomic E-state index is 0.143. The molecule has 0 fully saturated rings. The molecule has 0 spiro atoms. The number of anilines is 1. The van der Waals surface area contributed by atoms with Gasteiger partial charge in [-0.2, -0.15) is 10.5 Å². The normalized spacial score (nSPS) is 9.89. The first kappa shape index (κ1) is 17.8. The van der Waals surface area contributed by atoms with Crippen LogP contribution in [-0.2, 0) is 0 Å². The third kappa shape index (κ3) is 3.65. The molecule has 0 unspecified atom stereocenters. The van der Waals surface area contributed by atoms with Gasteiger partial charge in [0, 0.05) is 5.56 Å². The Hall–Kier alpha value is -4.03. The average molecular weight is 357 g/mol. The van der Waals surface area contributed by atoms with Gasteiger partial charge in [-0.3, -0.25) is 5.73 Å². The number of para-hydroxylation sites is 1. The molecule has 2 aromatic carbocycles. The third-order valence-corrected chi connectivity index (χ3v) is 3.86. The van der Waals surface area contributed by atoms with E-state index in [-0.39, 0.29) is 22.8 Å². The molecule has 1 aromatic heterocycles. The molecule has 0 radical (unpaired) electrons. The van der Waals surface area contributed by atoms with Gasteiger partial charge >= 0.3 is 5.88 Å². The second kappa shape index (κ2) is 7.90. The van der Waals surface area contributed by atoms with Crippen LogP contribution in [0, 0.1) is 22.7 Å². The second-order valence-electron chi connectivity index (χ2n) is 5.59. The number of nitrogen functional groups attached to an aromatic ring is 1. The number of nitrogens with two attached hydrogens (primary N) is 1. The molecule has 0 amide bonds. The molecular weight excluding hydrogens is 340 g/mol. The summed E-state index contributed by atoms with van der Waals surface area (Å²) < 4.78 is 11.4. The largest absolute Gasteiger partial charge is 0.462 e. The van der Waals surface area contributed by atoms with E-state index in [1.807, 2.05) is 30.3 Å². The predicted octanol–water partition coefficient (Wildman–Crippen LogP) is 3.68. The molecule has 0 saturated carbocycles. The van der Waals surface area contributed by atoms with Gasteiger partial charge < -0.3 is 9.47 Å². The lowest BCUT2D eigenvalue weighted by Gasteiger charge is -2.12. The Bertz CT molecular complexity index is 1050. The summed E-state index contributed by atoms with van der Waals surface area (Å²) in [5.41, 5.74) is 7.45. The van der Waals surface area contributed by atoms with E-state index >= 15 is 0 Å². The lowest BCUT2D eigenvalue weighted by atomic mass is 9.96. The van der Waals surface area contributed by atoms with Crippen molar-refractivity contribution in [3.63, 3.8) is 0 Å². The molecule has 3 aromatic rings. The van der Waals surface area contributed by atoms with Crippen LogP contribution in [0.25, 0.3) is 11.1 Å². The van der Waals surface area contributed by atoms with E-state index in [2.05, 4.69) is 17.1 Å². The minimum atomic E-state index is 0.143. The van der Waals surface area contributed by atoms with Gasteiger partial charge in [0.15, 0.2) is 5.56 Å². The monoisotopic (exact) mass is 357 g/mol. The Morgan fingerprint density at radius 3 is 2.33 bits per heavy atom. The number of benzene rings is 2. The number of nitrogens with zero attached hydrogens (tertiary/aromatic N) is 2. The summed E-state index contributed by atoms with van der Waals surface area (Å²) in [5, 5.41) is 19.2. The van der Waals surface area contributed by atoms with Gasteiger partial charge in [-0.05, 0) is 36.8 Å². The number of aromatic amines is 1. The van der Waals surface area contributed by atoms with E-state index in [0.717, 1.165) is 0 Å². The number of rotatable bonds is 5. The minimum Gasteiger partial charge on any atom is -0.462 e. The van der Waals surface area contributed by atoms with E-state index in [4.69, 9.17) is 15.2 Å². The fraction of sp³-hybridized carbons (Fsp3) is 0.0952. The van der Waals surface area contributed by atoms with E-state index in [9.17, 15) is 10.5 Å². The lowest BCUT2D eigenvalue weighted by Crippen LogP contribution is -2.19. The Kier molecular flexibility index (Phi) is 5.20. The molecule has 6 heteroatoms. The quantitative estimate of drug-likeness (QED) is 0.749. The summed E-state index contributed by atoms with van der Waals surface area (Å²) in [6.45, 7) is 2.16. The molecule has 0 bridgehead atoms. The standard InChI is InChI=1S/C21H16N4O2/c1-2-26-21-18(13-23)19(17(12-22)20(24)25-21)14-7-6-10-16(11-14)27-15-8-4-3-5-9-15/h3-11H,2H2,1H3,(H2,24,25)/p+1. The summed E-state index contributed by atoms with van der Waals surface area (Å²) in [4.78, 5) is 2.79. The van der Waals surface area contributed by atoms with Crippen LogP contribution in [0.5, 0.6) is 17.4 Å². The zero-order valence-electron chi connectivity index (χ0n) is 14.7. The molecule has 0 aliphatic carbocycles. The van der Waals surface area contributed by atoms with Crippen molar-refractivity contribution < 1.29 is 14.5 Å². The Morgan fingerprint density at radius 1 is 0.963 bits per heavy atom. The van der Waals surface area contributed by atoms with Crippen LogP contribution < -0.4 is 20.2 Å². The topological polar surface area (TPSA) is 106 Å². The van der Waals surface area contributed by atoms with E-state index in [1.54, 1.807) is 31.2 Å². The Morgan fingerprint density at radius 2 is 1.67 bits per heavy atom. The molecule has 0 saturated heterocycles. The lowest BCUT2D eigenvalue weighted by molar-refractivity contribution is -0.377. The van der Waals surface area contributed by atoms with Crippen LogP contribution in [0.4, 0.5) is 5.82 Å². The Balaban J connectivity index is 2.15. The maximum absolute atomic E-state index is 9.67. The number of hydrogen-bond donors (Lipinski definition) is 1. The van der Waals surface area contributed by atoms with Gasteiger partial charge in [0.25, 0.3) is 5.82 Å². The number of nitriles is 2. The number of aromatic nitrogens is 1. The van der Waals surface area contributed by atoms with E-state index in [1.165, 1.54) is 0 Å². The van der Waals surface area contributed by atoms with Gasteiger partial charge in [-0.25, -0.2) is 4.98 Å². The summed E-state index contributed by atoms with van der Waals surface area (Å²) in [6, 6.07) is 20.7. The molecule has 0 atom stereocenters. The molecule has 27 heavy (non-hydrogen) atoms. The van der Waals surface area contributed by atoms with Crippen molar-refractivity contribution in [2.75, 3.05) is 12.3 Å².